The zero-order valence-corrected chi connectivity index (χ0v) is 20.4. The van der Waals surface area contributed by atoms with Crippen LogP contribution in [-0.4, -0.2) is 51.1 Å². The van der Waals surface area contributed by atoms with Gasteiger partial charge in [0.15, 0.2) is 0 Å². The predicted molar refractivity (Wildman–Crippen MR) is 138 cm³/mol. The van der Waals surface area contributed by atoms with E-state index in [0.717, 1.165) is 71.4 Å². The van der Waals surface area contributed by atoms with Crippen molar-refractivity contribution in [2.45, 2.75) is 32.1 Å². The summed E-state index contributed by atoms with van der Waals surface area (Å²) in [5.74, 6) is 0.748. The molecular formula is C27H29N5O2S. The Morgan fingerprint density at radius 3 is 2.63 bits per heavy atom. The molecular weight excluding hydrogens is 458 g/mol. The van der Waals surface area contributed by atoms with Gasteiger partial charge >= 0.3 is 0 Å². The Hall–Kier alpha value is -3.52. The molecule has 7 nitrogen and oxygen atoms in total. The normalized spacial score (nSPS) is 14.3. The van der Waals surface area contributed by atoms with Crippen LogP contribution in [0.5, 0.6) is 0 Å². The number of fused-ring (bicyclic) bond motifs is 1. The highest BCUT2D eigenvalue weighted by molar-refractivity contribution is 7.20. The maximum Gasteiger partial charge on any atom is 0.261 e. The number of hydrogen-bond donors (Lipinski definition) is 1. The van der Waals surface area contributed by atoms with Crippen molar-refractivity contribution >= 4 is 33.2 Å². The zero-order chi connectivity index (χ0) is 24.0. The highest BCUT2D eigenvalue weighted by Crippen LogP contribution is 2.25. The summed E-state index contributed by atoms with van der Waals surface area (Å²) in [4.78, 5) is 32.1. The van der Waals surface area contributed by atoms with Gasteiger partial charge in [0.2, 0.25) is 0 Å². The van der Waals surface area contributed by atoms with E-state index in [9.17, 15) is 9.59 Å². The number of nitrogens with one attached hydrogen (secondary N) is 1. The van der Waals surface area contributed by atoms with E-state index in [1.807, 2.05) is 53.6 Å². The first-order chi connectivity index (χ1) is 17.2. The smallest absolute Gasteiger partial charge is 0.261 e. The summed E-state index contributed by atoms with van der Waals surface area (Å²) in [6.07, 6.45) is 12.5. The van der Waals surface area contributed by atoms with Crippen LogP contribution < -0.4 is 5.32 Å². The van der Waals surface area contributed by atoms with Crippen molar-refractivity contribution in [2.24, 2.45) is 5.92 Å². The zero-order valence-electron chi connectivity index (χ0n) is 19.6. The number of amides is 2. The Morgan fingerprint density at radius 1 is 1.06 bits per heavy atom. The van der Waals surface area contributed by atoms with Crippen LogP contribution in [0.15, 0.2) is 67.3 Å². The van der Waals surface area contributed by atoms with E-state index in [0.29, 0.717) is 12.5 Å². The second kappa shape index (κ2) is 10.8. The van der Waals surface area contributed by atoms with Crippen molar-refractivity contribution in [3.63, 3.8) is 0 Å². The third-order valence-electron chi connectivity index (χ3n) is 6.66. The molecule has 2 amide bonds. The maximum atomic E-state index is 12.9. The molecule has 0 atom stereocenters. The largest absolute Gasteiger partial charge is 0.351 e. The van der Waals surface area contributed by atoms with E-state index in [2.05, 4.69) is 15.4 Å². The van der Waals surface area contributed by atoms with Crippen molar-refractivity contribution < 1.29 is 9.59 Å². The van der Waals surface area contributed by atoms with Gasteiger partial charge in [0.1, 0.15) is 0 Å². The molecule has 8 heteroatoms. The highest BCUT2D eigenvalue weighted by Gasteiger charge is 2.23. The summed E-state index contributed by atoms with van der Waals surface area (Å²) in [6, 6.07) is 13.4. The SMILES string of the molecule is O=C(NCCCCC1CCN(C(=O)c2ccc(-n3cccn3)cc2)CC1)c1cc2ccncc2s1. The summed E-state index contributed by atoms with van der Waals surface area (Å²) < 4.78 is 2.82. The van der Waals surface area contributed by atoms with Gasteiger partial charge in [-0.2, -0.15) is 5.10 Å². The summed E-state index contributed by atoms with van der Waals surface area (Å²) in [5, 5.41) is 8.33. The van der Waals surface area contributed by atoms with Crippen LogP contribution in [0.4, 0.5) is 0 Å². The van der Waals surface area contributed by atoms with Gasteiger partial charge in [-0.25, -0.2) is 4.68 Å². The molecule has 0 unspecified atom stereocenters. The van der Waals surface area contributed by atoms with Crippen LogP contribution in [0, 0.1) is 5.92 Å². The lowest BCUT2D eigenvalue weighted by atomic mass is 9.91. The van der Waals surface area contributed by atoms with E-state index >= 15 is 0 Å². The second-order valence-corrected chi connectivity index (χ2v) is 10.1. The van der Waals surface area contributed by atoms with E-state index in [4.69, 9.17) is 0 Å². The number of nitrogens with zero attached hydrogens (tertiary/aromatic N) is 4. The number of benzene rings is 1. The fourth-order valence-electron chi connectivity index (χ4n) is 4.63. The molecule has 1 saturated heterocycles. The molecule has 3 aromatic heterocycles. The Balaban J connectivity index is 1.00. The van der Waals surface area contributed by atoms with E-state index in [-0.39, 0.29) is 11.8 Å². The Morgan fingerprint density at radius 2 is 1.89 bits per heavy atom. The number of aromatic nitrogens is 3. The molecule has 0 bridgehead atoms. The van der Waals surface area contributed by atoms with Crippen molar-refractivity contribution in [3.8, 4) is 5.69 Å². The summed E-state index contributed by atoms with van der Waals surface area (Å²) in [7, 11) is 0. The van der Waals surface area contributed by atoms with Crippen molar-refractivity contribution in [3.05, 3.63) is 77.7 Å². The maximum absolute atomic E-state index is 12.9. The number of thiophene rings is 1. The van der Waals surface area contributed by atoms with Gasteiger partial charge in [-0.1, -0.05) is 12.8 Å². The number of rotatable bonds is 8. The predicted octanol–water partition coefficient (Wildman–Crippen LogP) is 4.93. The summed E-state index contributed by atoms with van der Waals surface area (Å²) in [5.41, 5.74) is 1.67. The molecule has 1 fully saturated rings. The lowest BCUT2D eigenvalue weighted by molar-refractivity contribution is 0.0686. The molecule has 0 saturated carbocycles. The molecule has 0 aliphatic carbocycles. The van der Waals surface area contributed by atoms with Crippen molar-refractivity contribution in [2.75, 3.05) is 19.6 Å². The number of pyridine rings is 1. The number of unbranched alkanes of at least 4 members (excludes halogenated alkanes) is 1. The topological polar surface area (TPSA) is 80.1 Å². The molecule has 1 aliphatic rings. The third-order valence-corrected chi connectivity index (χ3v) is 7.74. The van der Waals surface area contributed by atoms with Gasteiger partial charge in [-0.15, -0.1) is 11.3 Å². The van der Waals surface area contributed by atoms with E-state index < -0.39 is 0 Å². The minimum absolute atomic E-state index is 0.00400. The molecule has 0 radical (unpaired) electrons. The number of carbonyl (C=O) groups is 2. The summed E-state index contributed by atoms with van der Waals surface area (Å²) in [6.45, 7) is 2.31. The molecule has 4 heterocycles. The van der Waals surface area contributed by atoms with E-state index in [1.54, 1.807) is 23.3 Å². The van der Waals surface area contributed by atoms with E-state index in [1.165, 1.54) is 11.3 Å². The fraction of sp³-hybridized carbons (Fsp3) is 0.333. The van der Waals surface area contributed by atoms with Gasteiger partial charge in [0.05, 0.1) is 15.3 Å². The average Bonchev–Trinajstić information content (AvgIpc) is 3.59. The van der Waals surface area contributed by atoms with Crippen LogP contribution in [0.1, 0.15) is 52.1 Å². The molecule has 0 spiro atoms. The quantitative estimate of drug-likeness (QED) is 0.357. The monoisotopic (exact) mass is 487 g/mol. The Labute approximate surface area is 208 Å². The first-order valence-corrected chi connectivity index (χ1v) is 13.0. The highest BCUT2D eigenvalue weighted by atomic mass is 32.1. The minimum Gasteiger partial charge on any atom is -0.351 e. The molecule has 4 aromatic rings. The molecule has 1 aliphatic heterocycles. The third kappa shape index (κ3) is 5.59. The minimum atomic E-state index is -0.00400. The van der Waals surface area contributed by atoms with Crippen LogP contribution in [-0.2, 0) is 0 Å². The molecule has 180 valence electrons. The second-order valence-electron chi connectivity index (χ2n) is 9.01. The van der Waals surface area contributed by atoms with Gasteiger partial charge in [0.25, 0.3) is 11.8 Å². The lowest BCUT2D eigenvalue weighted by Gasteiger charge is -2.32. The Bertz CT molecular complexity index is 1240. The van der Waals surface area contributed by atoms with Crippen LogP contribution in [0.3, 0.4) is 0 Å². The molecule has 1 N–H and O–H groups in total. The molecule has 1 aromatic carbocycles. The van der Waals surface area contributed by atoms with Gasteiger partial charge in [0, 0.05) is 50.0 Å². The van der Waals surface area contributed by atoms with Crippen molar-refractivity contribution in [1.29, 1.82) is 0 Å². The first kappa shape index (κ1) is 23.2. The molecule has 5 rings (SSSR count). The standard InChI is InChI=1S/C27H29N5O2S/c33-26(24-18-22-9-14-28-19-25(22)35-24)29-12-2-1-4-20-10-16-31(17-11-20)27(34)21-5-7-23(8-6-21)32-15-3-13-30-32/h3,5-9,13-15,18-20H,1-2,4,10-12,16-17H2,(H,29,33). The number of hydrogen-bond acceptors (Lipinski definition) is 5. The fourth-order valence-corrected chi connectivity index (χ4v) is 5.58. The number of piperidine rings is 1. The van der Waals surface area contributed by atoms with Gasteiger partial charge in [-0.3, -0.25) is 14.6 Å². The first-order valence-electron chi connectivity index (χ1n) is 12.2. The van der Waals surface area contributed by atoms with Crippen LogP contribution in [0.2, 0.25) is 0 Å². The lowest BCUT2D eigenvalue weighted by Crippen LogP contribution is -2.38. The Kier molecular flexibility index (Phi) is 7.18. The number of likely N-dealkylation sites (tertiary alicyclic amines) is 1. The number of carbonyl (C=O) groups excluding carboxylic acids is 2. The van der Waals surface area contributed by atoms with Crippen LogP contribution in [0.25, 0.3) is 15.8 Å². The van der Waals surface area contributed by atoms with Gasteiger partial charge < -0.3 is 10.2 Å². The average molecular weight is 488 g/mol. The molecule has 35 heavy (non-hydrogen) atoms. The summed E-state index contributed by atoms with van der Waals surface area (Å²) >= 11 is 1.48. The van der Waals surface area contributed by atoms with Crippen molar-refractivity contribution in [1.82, 2.24) is 25.0 Å². The van der Waals surface area contributed by atoms with Crippen LogP contribution >= 0.6 is 11.3 Å². The van der Waals surface area contributed by atoms with Gasteiger partial charge in [-0.05, 0) is 73.0 Å².